The summed E-state index contributed by atoms with van der Waals surface area (Å²) in [5.41, 5.74) is 1.07. The molecule has 0 heterocycles. The van der Waals surface area contributed by atoms with Crippen molar-refractivity contribution >= 4 is 23.5 Å². The van der Waals surface area contributed by atoms with Gasteiger partial charge < -0.3 is 10.1 Å². The van der Waals surface area contributed by atoms with Crippen molar-refractivity contribution in [3.05, 3.63) is 34.9 Å². The molecule has 1 aliphatic carbocycles. The Hall–Kier alpha value is -1.55. The summed E-state index contributed by atoms with van der Waals surface area (Å²) in [6.45, 7) is 0.658. The quantitative estimate of drug-likeness (QED) is 0.590. The molecule has 0 saturated heterocycles. The lowest BCUT2D eigenvalue weighted by molar-refractivity contribution is -0.140. The normalized spacial score (nSPS) is 19.5. The maximum absolute atomic E-state index is 12.1. The number of esters is 1. The molecule has 0 spiro atoms. The van der Waals surface area contributed by atoms with Gasteiger partial charge in [-0.2, -0.15) is 0 Å². The lowest BCUT2D eigenvalue weighted by Gasteiger charge is -2.06. The molecule has 0 aromatic heterocycles. The Labute approximate surface area is 136 Å². The van der Waals surface area contributed by atoms with E-state index in [1.807, 2.05) is 24.3 Å². The van der Waals surface area contributed by atoms with Gasteiger partial charge in [-0.3, -0.25) is 9.59 Å². The van der Waals surface area contributed by atoms with Crippen molar-refractivity contribution in [2.24, 2.45) is 5.92 Å². The summed E-state index contributed by atoms with van der Waals surface area (Å²) in [5.74, 6) is 0.241. The molecule has 0 aliphatic heterocycles. The van der Waals surface area contributed by atoms with Gasteiger partial charge >= 0.3 is 5.97 Å². The van der Waals surface area contributed by atoms with Crippen LogP contribution in [0.15, 0.2) is 24.3 Å². The highest BCUT2D eigenvalue weighted by molar-refractivity contribution is 6.31. The van der Waals surface area contributed by atoms with Crippen LogP contribution in [0.2, 0.25) is 5.02 Å². The smallest absolute Gasteiger partial charge is 0.305 e. The summed E-state index contributed by atoms with van der Waals surface area (Å²) < 4.78 is 4.58. The monoisotopic (exact) mass is 323 g/mol. The first-order valence-corrected chi connectivity index (χ1v) is 8.10. The van der Waals surface area contributed by atoms with Crippen molar-refractivity contribution in [1.29, 1.82) is 0 Å². The van der Waals surface area contributed by atoms with E-state index >= 15 is 0 Å². The summed E-state index contributed by atoms with van der Waals surface area (Å²) in [5, 5.41) is 3.71. The number of halogens is 1. The minimum absolute atomic E-state index is 0.0509. The first-order chi connectivity index (χ1) is 10.6. The van der Waals surface area contributed by atoms with Crippen LogP contribution in [0, 0.1) is 5.92 Å². The third kappa shape index (κ3) is 4.73. The van der Waals surface area contributed by atoms with Gasteiger partial charge in [0.25, 0.3) is 0 Å². The standard InChI is InChI=1S/C17H22ClNO3/c1-22-16(20)9-3-2-6-10-19-17(21)14-11-13(14)12-7-4-5-8-15(12)18/h4-5,7-8,13-14H,2-3,6,9-11H2,1H3,(H,19,21). The van der Waals surface area contributed by atoms with E-state index in [2.05, 4.69) is 10.1 Å². The Kier molecular flexibility index (Phi) is 6.25. The van der Waals surface area contributed by atoms with Crippen LogP contribution in [0.5, 0.6) is 0 Å². The molecule has 1 aliphatic rings. The highest BCUT2D eigenvalue weighted by atomic mass is 35.5. The highest BCUT2D eigenvalue weighted by Crippen LogP contribution is 2.49. The lowest BCUT2D eigenvalue weighted by atomic mass is 10.1. The van der Waals surface area contributed by atoms with Crippen LogP contribution in [0.3, 0.4) is 0 Å². The molecule has 0 bridgehead atoms. The number of amides is 1. The highest BCUT2D eigenvalue weighted by Gasteiger charge is 2.44. The van der Waals surface area contributed by atoms with Gasteiger partial charge in [-0.05, 0) is 36.8 Å². The molecule has 5 heteroatoms. The first-order valence-electron chi connectivity index (χ1n) is 7.72. The zero-order chi connectivity index (χ0) is 15.9. The average molecular weight is 324 g/mol. The number of carbonyl (C=O) groups excluding carboxylic acids is 2. The van der Waals surface area contributed by atoms with E-state index in [9.17, 15) is 9.59 Å². The molecular weight excluding hydrogens is 302 g/mol. The van der Waals surface area contributed by atoms with Gasteiger partial charge in [0, 0.05) is 23.9 Å². The van der Waals surface area contributed by atoms with Crippen LogP contribution < -0.4 is 5.32 Å². The van der Waals surface area contributed by atoms with Crippen LogP contribution >= 0.6 is 11.6 Å². The lowest BCUT2D eigenvalue weighted by Crippen LogP contribution is -2.26. The number of ether oxygens (including phenoxy) is 1. The maximum Gasteiger partial charge on any atom is 0.305 e. The topological polar surface area (TPSA) is 55.4 Å². The van der Waals surface area contributed by atoms with Gasteiger partial charge in [-0.15, -0.1) is 0 Å². The third-order valence-electron chi connectivity index (χ3n) is 4.02. The molecule has 1 amide bonds. The van der Waals surface area contributed by atoms with Gasteiger partial charge in [0.1, 0.15) is 0 Å². The number of hydrogen-bond acceptors (Lipinski definition) is 3. The molecule has 1 fully saturated rings. The van der Waals surface area contributed by atoms with E-state index < -0.39 is 0 Å². The largest absolute Gasteiger partial charge is 0.469 e. The zero-order valence-electron chi connectivity index (χ0n) is 12.8. The van der Waals surface area contributed by atoms with Crippen LogP contribution in [-0.2, 0) is 14.3 Å². The van der Waals surface area contributed by atoms with Crippen LogP contribution in [0.25, 0.3) is 0 Å². The minimum Gasteiger partial charge on any atom is -0.469 e. The molecule has 0 radical (unpaired) electrons. The number of carbonyl (C=O) groups is 2. The Balaban J connectivity index is 1.62. The van der Waals surface area contributed by atoms with Gasteiger partial charge in [-0.1, -0.05) is 36.2 Å². The first kappa shape index (κ1) is 16.8. The third-order valence-corrected chi connectivity index (χ3v) is 4.36. The van der Waals surface area contributed by atoms with Crippen molar-refractivity contribution in [1.82, 2.24) is 5.32 Å². The average Bonchev–Trinajstić information content (AvgIpc) is 3.31. The van der Waals surface area contributed by atoms with Crippen LogP contribution in [0.4, 0.5) is 0 Å². The second kappa shape index (κ2) is 8.18. The van der Waals surface area contributed by atoms with Gasteiger partial charge in [0.2, 0.25) is 5.91 Å². The summed E-state index contributed by atoms with van der Waals surface area (Å²) in [7, 11) is 1.40. The molecule has 4 nitrogen and oxygen atoms in total. The number of nitrogens with one attached hydrogen (secondary N) is 1. The molecule has 1 N–H and O–H groups in total. The molecule has 1 saturated carbocycles. The Morgan fingerprint density at radius 3 is 2.77 bits per heavy atom. The Bertz CT molecular complexity index is 532. The van der Waals surface area contributed by atoms with Gasteiger partial charge in [0.05, 0.1) is 7.11 Å². The van der Waals surface area contributed by atoms with Crippen molar-refractivity contribution < 1.29 is 14.3 Å². The fourth-order valence-corrected chi connectivity index (χ4v) is 2.90. The zero-order valence-corrected chi connectivity index (χ0v) is 13.6. The molecule has 22 heavy (non-hydrogen) atoms. The fourth-order valence-electron chi connectivity index (χ4n) is 2.62. The molecule has 1 aromatic rings. The van der Waals surface area contributed by atoms with Crippen molar-refractivity contribution in [2.75, 3.05) is 13.7 Å². The predicted octanol–water partition coefficient (Wildman–Crippen LogP) is 3.29. The molecular formula is C17H22ClNO3. The van der Waals surface area contributed by atoms with E-state index in [4.69, 9.17) is 11.6 Å². The molecule has 1 aromatic carbocycles. The number of hydrogen-bond donors (Lipinski definition) is 1. The van der Waals surface area contributed by atoms with Crippen molar-refractivity contribution in [3.63, 3.8) is 0 Å². The number of unbranched alkanes of at least 4 members (excludes halogenated alkanes) is 2. The van der Waals surface area contributed by atoms with E-state index in [0.717, 1.165) is 36.3 Å². The predicted molar refractivity (Wildman–Crippen MR) is 85.8 cm³/mol. The second-order valence-electron chi connectivity index (χ2n) is 5.65. The molecule has 2 unspecified atom stereocenters. The van der Waals surface area contributed by atoms with Crippen molar-refractivity contribution in [2.45, 2.75) is 38.0 Å². The van der Waals surface area contributed by atoms with Crippen molar-refractivity contribution in [3.8, 4) is 0 Å². The molecule has 2 atom stereocenters. The van der Waals surface area contributed by atoms with Gasteiger partial charge in [-0.25, -0.2) is 0 Å². The van der Waals surface area contributed by atoms with E-state index in [0.29, 0.717) is 13.0 Å². The summed E-state index contributed by atoms with van der Waals surface area (Å²) in [6, 6.07) is 7.71. The van der Waals surface area contributed by atoms with E-state index in [-0.39, 0.29) is 23.7 Å². The molecule has 2 rings (SSSR count). The summed E-state index contributed by atoms with van der Waals surface area (Å²) in [4.78, 5) is 23.0. The summed E-state index contributed by atoms with van der Waals surface area (Å²) >= 11 is 6.16. The van der Waals surface area contributed by atoms with E-state index in [1.165, 1.54) is 7.11 Å². The summed E-state index contributed by atoms with van der Waals surface area (Å²) in [6.07, 6.45) is 3.91. The minimum atomic E-state index is -0.176. The van der Waals surface area contributed by atoms with Gasteiger partial charge in [0.15, 0.2) is 0 Å². The Morgan fingerprint density at radius 2 is 2.05 bits per heavy atom. The Morgan fingerprint density at radius 1 is 1.27 bits per heavy atom. The number of rotatable bonds is 8. The van der Waals surface area contributed by atoms with E-state index in [1.54, 1.807) is 0 Å². The van der Waals surface area contributed by atoms with Crippen LogP contribution in [-0.4, -0.2) is 25.5 Å². The van der Waals surface area contributed by atoms with Crippen LogP contribution in [0.1, 0.15) is 43.6 Å². The second-order valence-corrected chi connectivity index (χ2v) is 6.06. The maximum atomic E-state index is 12.1. The SMILES string of the molecule is COC(=O)CCCCCNC(=O)C1CC1c1ccccc1Cl. The molecule has 120 valence electrons. The number of benzene rings is 1. The number of methoxy groups -OCH3 is 1. The fraction of sp³-hybridized carbons (Fsp3) is 0.529.